The van der Waals surface area contributed by atoms with Crippen LogP contribution in [0.1, 0.15) is 30.8 Å². The maximum absolute atomic E-state index is 6.10. The average molecular weight is 324 g/mol. The van der Waals surface area contributed by atoms with Gasteiger partial charge < -0.3 is 14.9 Å². The minimum Gasteiger partial charge on any atom is -0.467 e. The van der Waals surface area contributed by atoms with Gasteiger partial charge in [-0.25, -0.2) is 0 Å². The maximum Gasteiger partial charge on any atom is 0.134 e. The lowest BCUT2D eigenvalue weighted by atomic mass is 10.1. The predicted molar refractivity (Wildman–Crippen MR) is 78.6 cm³/mol. The monoisotopic (exact) mass is 323 g/mol. The number of nitrogens with two attached hydrogens (primary N) is 1. The van der Waals surface area contributed by atoms with Gasteiger partial charge in [0.25, 0.3) is 0 Å². The van der Waals surface area contributed by atoms with E-state index in [1.54, 1.807) is 6.26 Å². The summed E-state index contributed by atoms with van der Waals surface area (Å²) in [6.45, 7) is 2.57. The fourth-order valence-corrected chi connectivity index (χ4v) is 2.11. The summed E-state index contributed by atoms with van der Waals surface area (Å²) < 4.78 is 12.4. The molecule has 0 spiro atoms. The molecule has 1 aromatic heterocycles. The number of hydrogen-bond acceptors (Lipinski definition) is 3. The van der Waals surface area contributed by atoms with Crippen molar-refractivity contribution in [3.8, 4) is 0 Å². The summed E-state index contributed by atoms with van der Waals surface area (Å²) in [6.07, 6.45) is 2.28. The van der Waals surface area contributed by atoms with Crippen molar-refractivity contribution in [2.24, 2.45) is 5.73 Å². The molecule has 0 aliphatic heterocycles. The lowest BCUT2D eigenvalue weighted by Crippen LogP contribution is -2.29. The van der Waals surface area contributed by atoms with E-state index in [-0.39, 0.29) is 12.1 Å². The molecule has 0 saturated heterocycles. The Morgan fingerprint density at radius 1 is 1.26 bits per heavy atom. The molecule has 2 unspecified atom stereocenters. The van der Waals surface area contributed by atoms with Crippen molar-refractivity contribution in [1.29, 1.82) is 0 Å². The number of furan rings is 1. The van der Waals surface area contributed by atoms with Gasteiger partial charge in [-0.3, -0.25) is 0 Å². The third-order valence-corrected chi connectivity index (χ3v) is 3.56. The molecule has 2 aromatic rings. The fourth-order valence-electron chi connectivity index (χ4n) is 1.85. The summed E-state index contributed by atoms with van der Waals surface area (Å²) in [4.78, 5) is 0. The van der Waals surface area contributed by atoms with Gasteiger partial charge in [-0.15, -0.1) is 0 Å². The van der Waals surface area contributed by atoms with Crippen molar-refractivity contribution in [2.75, 3.05) is 0 Å². The van der Waals surface area contributed by atoms with Crippen LogP contribution in [0, 0.1) is 0 Å². The molecule has 0 amide bonds. The van der Waals surface area contributed by atoms with Crippen molar-refractivity contribution in [3.63, 3.8) is 0 Å². The molecule has 3 nitrogen and oxygen atoms in total. The van der Waals surface area contributed by atoms with Crippen molar-refractivity contribution in [2.45, 2.75) is 32.1 Å². The quantitative estimate of drug-likeness (QED) is 0.872. The zero-order valence-corrected chi connectivity index (χ0v) is 12.5. The molecule has 2 rings (SSSR count). The molecule has 0 radical (unpaired) electrons. The summed E-state index contributed by atoms with van der Waals surface area (Å²) in [5.74, 6) is 0.784. The molecule has 4 heteroatoms. The molecular formula is C15H18BrNO2. The molecule has 2 atom stereocenters. The smallest absolute Gasteiger partial charge is 0.134 e. The first-order chi connectivity index (χ1) is 9.20. The highest BCUT2D eigenvalue weighted by Crippen LogP contribution is 2.24. The third-order valence-electron chi connectivity index (χ3n) is 3.03. The van der Waals surface area contributed by atoms with E-state index in [1.807, 2.05) is 43.3 Å². The normalized spacial score (nSPS) is 14.3. The van der Waals surface area contributed by atoms with Crippen molar-refractivity contribution in [3.05, 3.63) is 58.5 Å². The highest BCUT2D eigenvalue weighted by molar-refractivity contribution is 9.10. The lowest BCUT2D eigenvalue weighted by molar-refractivity contribution is 0.00747. The average Bonchev–Trinajstić information content (AvgIpc) is 2.94. The minimum atomic E-state index is -0.205. The van der Waals surface area contributed by atoms with Crippen LogP contribution in [0.15, 0.2) is 51.6 Å². The molecule has 0 saturated carbocycles. The van der Waals surface area contributed by atoms with Crippen LogP contribution in [0.25, 0.3) is 0 Å². The van der Waals surface area contributed by atoms with Gasteiger partial charge in [-0.1, -0.05) is 35.0 Å². The second kappa shape index (κ2) is 6.89. The van der Waals surface area contributed by atoms with Crippen molar-refractivity contribution in [1.82, 2.24) is 0 Å². The van der Waals surface area contributed by atoms with Crippen molar-refractivity contribution < 1.29 is 9.15 Å². The molecule has 102 valence electrons. The van der Waals surface area contributed by atoms with Gasteiger partial charge in [0.05, 0.1) is 12.9 Å². The van der Waals surface area contributed by atoms with E-state index in [4.69, 9.17) is 14.9 Å². The first-order valence-corrected chi connectivity index (χ1v) is 7.15. The second-order valence-electron chi connectivity index (χ2n) is 4.45. The number of rotatable bonds is 6. The molecular weight excluding hydrogens is 306 g/mol. The van der Waals surface area contributed by atoms with Crippen LogP contribution >= 0.6 is 15.9 Å². The Morgan fingerprint density at radius 2 is 2.00 bits per heavy atom. The molecule has 1 aromatic carbocycles. The van der Waals surface area contributed by atoms with Gasteiger partial charge in [-0.05, 0) is 36.2 Å². The number of hydrogen-bond donors (Lipinski definition) is 1. The van der Waals surface area contributed by atoms with Gasteiger partial charge in [0, 0.05) is 10.5 Å². The molecule has 0 aliphatic carbocycles. The van der Waals surface area contributed by atoms with Crippen LogP contribution in [0.4, 0.5) is 0 Å². The lowest BCUT2D eigenvalue weighted by Gasteiger charge is -2.21. The predicted octanol–water partition coefficient (Wildman–Crippen LogP) is 4.04. The SMILES string of the molecule is CCC(N)C(OCc1ccc(Br)cc1)c1ccco1. The Balaban J connectivity index is 2.02. The molecule has 2 N–H and O–H groups in total. The molecule has 0 bridgehead atoms. The summed E-state index contributed by atoms with van der Waals surface area (Å²) in [5.41, 5.74) is 7.22. The Morgan fingerprint density at radius 3 is 2.58 bits per heavy atom. The first kappa shape index (κ1) is 14.3. The van der Waals surface area contributed by atoms with E-state index in [0.717, 1.165) is 22.2 Å². The van der Waals surface area contributed by atoms with E-state index in [9.17, 15) is 0 Å². The minimum absolute atomic E-state index is 0.0680. The van der Waals surface area contributed by atoms with Gasteiger partial charge in [0.2, 0.25) is 0 Å². The van der Waals surface area contributed by atoms with E-state index in [2.05, 4.69) is 15.9 Å². The first-order valence-electron chi connectivity index (χ1n) is 6.35. The van der Waals surface area contributed by atoms with Crippen molar-refractivity contribution >= 4 is 15.9 Å². The topological polar surface area (TPSA) is 48.4 Å². The van der Waals surface area contributed by atoms with Gasteiger partial charge in [0.15, 0.2) is 0 Å². The Labute approximate surface area is 121 Å². The summed E-state index contributed by atoms with van der Waals surface area (Å²) in [5, 5.41) is 0. The standard InChI is InChI=1S/C15H18BrNO2/c1-2-13(17)15(14-4-3-9-18-14)19-10-11-5-7-12(16)8-6-11/h3-9,13,15H,2,10,17H2,1H3. The molecule has 0 aliphatic rings. The van der Waals surface area contributed by atoms with Gasteiger partial charge in [-0.2, -0.15) is 0 Å². The highest BCUT2D eigenvalue weighted by atomic mass is 79.9. The second-order valence-corrected chi connectivity index (χ2v) is 5.36. The Hall–Kier alpha value is -1.10. The third kappa shape index (κ3) is 3.93. The number of ether oxygens (including phenoxy) is 1. The summed E-state index contributed by atoms with van der Waals surface area (Å²) in [6, 6.07) is 11.7. The summed E-state index contributed by atoms with van der Waals surface area (Å²) in [7, 11) is 0. The van der Waals surface area contributed by atoms with E-state index >= 15 is 0 Å². The molecule has 0 fully saturated rings. The molecule has 1 heterocycles. The van der Waals surface area contributed by atoms with Gasteiger partial charge >= 0.3 is 0 Å². The number of halogens is 1. The Bertz CT molecular complexity index is 481. The largest absolute Gasteiger partial charge is 0.467 e. The zero-order chi connectivity index (χ0) is 13.7. The van der Waals surface area contributed by atoms with Crippen LogP contribution in [0.3, 0.4) is 0 Å². The molecule has 19 heavy (non-hydrogen) atoms. The maximum atomic E-state index is 6.10. The number of benzene rings is 1. The van der Waals surface area contributed by atoms with Crippen LogP contribution in [-0.4, -0.2) is 6.04 Å². The Kier molecular flexibility index (Phi) is 5.19. The van der Waals surface area contributed by atoms with Crippen LogP contribution < -0.4 is 5.73 Å². The highest BCUT2D eigenvalue weighted by Gasteiger charge is 2.21. The van der Waals surface area contributed by atoms with Crippen LogP contribution in [-0.2, 0) is 11.3 Å². The van der Waals surface area contributed by atoms with E-state index in [1.165, 1.54) is 0 Å². The van der Waals surface area contributed by atoms with E-state index in [0.29, 0.717) is 6.61 Å². The van der Waals surface area contributed by atoms with Crippen LogP contribution in [0.5, 0.6) is 0 Å². The van der Waals surface area contributed by atoms with Crippen LogP contribution in [0.2, 0.25) is 0 Å². The van der Waals surface area contributed by atoms with Gasteiger partial charge in [0.1, 0.15) is 11.9 Å². The zero-order valence-electron chi connectivity index (χ0n) is 10.9. The fraction of sp³-hybridized carbons (Fsp3) is 0.333. The summed E-state index contributed by atoms with van der Waals surface area (Å²) >= 11 is 3.42. The van der Waals surface area contributed by atoms with E-state index < -0.39 is 0 Å².